The first kappa shape index (κ1) is 20.4. The van der Waals surface area contributed by atoms with Crippen molar-refractivity contribution in [3.05, 3.63) is 48.6 Å². The molecule has 0 spiro atoms. The minimum absolute atomic E-state index is 0.102. The van der Waals surface area contributed by atoms with Crippen LogP contribution in [0.1, 0.15) is 32.8 Å². The number of para-hydroxylation sites is 1. The van der Waals surface area contributed by atoms with Crippen LogP contribution in [-0.2, 0) is 15.1 Å². The average molecular weight is 328 g/mol. The van der Waals surface area contributed by atoms with Gasteiger partial charge >= 0.3 is 10.4 Å². The summed E-state index contributed by atoms with van der Waals surface area (Å²) in [6.45, 7) is 11.1. The summed E-state index contributed by atoms with van der Waals surface area (Å²) in [4.78, 5) is 0. The largest absolute Gasteiger partial charge is 0.446 e. The highest BCUT2D eigenvalue weighted by Crippen LogP contribution is 2.29. The molecule has 0 fully saturated rings. The zero-order chi connectivity index (χ0) is 17.0. The monoisotopic (exact) mass is 328 g/mol. The van der Waals surface area contributed by atoms with Gasteiger partial charge < -0.3 is 8.92 Å². The third-order valence-electron chi connectivity index (χ3n) is 2.55. The van der Waals surface area contributed by atoms with E-state index in [1.54, 1.807) is 24.3 Å². The van der Waals surface area contributed by atoms with Crippen LogP contribution < -0.4 is 4.18 Å². The maximum Gasteiger partial charge on any atom is 0.446 e. The Morgan fingerprint density at radius 1 is 1.27 bits per heavy atom. The molecule has 124 valence electrons. The van der Waals surface area contributed by atoms with Crippen LogP contribution in [0, 0.1) is 0 Å². The highest BCUT2D eigenvalue weighted by Gasteiger charge is 2.12. The van der Waals surface area contributed by atoms with Crippen LogP contribution in [0.25, 0.3) is 5.57 Å². The van der Waals surface area contributed by atoms with Crippen LogP contribution >= 0.6 is 0 Å². The lowest BCUT2D eigenvalue weighted by atomic mass is 10.0. The van der Waals surface area contributed by atoms with Crippen molar-refractivity contribution in [2.45, 2.75) is 27.2 Å². The van der Waals surface area contributed by atoms with Crippen molar-refractivity contribution in [2.75, 3.05) is 13.2 Å². The van der Waals surface area contributed by atoms with Gasteiger partial charge in [-0.1, -0.05) is 30.4 Å². The van der Waals surface area contributed by atoms with E-state index in [2.05, 4.69) is 10.8 Å². The lowest BCUT2D eigenvalue weighted by molar-refractivity contribution is 0.162. The third-order valence-corrected chi connectivity index (χ3v) is 2.94. The molecule has 0 saturated heterocycles. The topological polar surface area (TPSA) is 72.8 Å². The fourth-order valence-electron chi connectivity index (χ4n) is 1.66. The first-order valence-corrected chi connectivity index (χ1v) is 8.36. The Morgan fingerprint density at radius 2 is 1.86 bits per heavy atom. The Hall–Kier alpha value is -1.63. The van der Waals surface area contributed by atoms with E-state index in [-0.39, 0.29) is 5.75 Å². The molecule has 0 bridgehead atoms. The molecule has 0 amide bonds. The molecule has 0 radical (unpaired) electrons. The summed E-state index contributed by atoms with van der Waals surface area (Å²) in [7, 11) is -4.51. The molecule has 1 aromatic carbocycles. The van der Waals surface area contributed by atoms with E-state index in [0.29, 0.717) is 12.0 Å². The van der Waals surface area contributed by atoms with E-state index in [9.17, 15) is 8.42 Å². The van der Waals surface area contributed by atoms with Crippen molar-refractivity contribution in [2.24, 2.45) is 0 Å². The Bertz CT molecular complexity index is 574. The van der Waals surface area contributed by atoms with E-state index in [4.69, 9.17) is 9.29 Å². The summed E-state index contributed by atoms with van der Waals surface area (Å²) in [6, 6.07) is 6.60. The molecule has 1 N–H and O–H groups in total. The number of rotatable bonds is 7. The minimum Gasteiger partial charge on any atom is -0.382 e. The number of hydrogen-bond acceptors (Lipinski definition) is 4. The number of hydrogen-bond donors (Lipinski definition) is 1. The first-order valence-electron chi connectivity index (χ1n) is 6.99. The summed E-state index contributed by atoms with van der Waals surface area (Å²) < 4.78 is 39.5. The SMILES string of the molecule is C=CC/C(=C/C)c1ccccc1OS(=O)(=O)O.CCOCC. The molecule has 0 atom stereocenters. The van der Waals surface area contributed by atoms with Gasteiger partial charge in [-0.25, -0.2) is 0 Å². The number of allylic oxidation sites excluding steroid dienone is 3. The molecule has 0 aliphatic carbocycles. The van der Waals surface area contributed by atoms with Crippen LogP contribution in [0.5, 0.6) is 5.75 Å². The Morgan fingerprint density at radius 3 is 2.27 bits per heavy atom. The van der Waals surface area contributed by atoms with Gasteiger partial charge in [0.05, 0.1) is 0 Å². The molecule has 0 saturated carbocycles. The predicted octanol–water partition coefficient (Wildman–Crippen LogP) is 3.89. The van der Waals surface area contributed by atoms with Gasteiger partial charge in [0, 0.05) is 18.8 Å². The molecular formula is C16H24O5S. The highest BCUT2D eigenvalue weighted by atomic mass is 32.3. The smallest absolute Gasteiger partial charge is 0.382 e. The number of benzene rings is 1. The summed E-state index contributed by atoms with van der Waals surface area (Å²) in [5, 5.41) is 0. The highest BCUT2D eigenvalue weighted by molar-refractivity contribution is 7.81. The zero-order valence-corrected chi connectivity index (χ0v) is 14.1. The van der Waals surface area contributed by atoms with E-state index in [1.165, 1.54) is 6.07 Å². The normalized spacial score (nSPS) is 11.4. The Kier molecular flexibility index (Phi) is 10.2. The van der Waals surface area contributed by atoms with E-state index in [1.807, 2.05) is 26.8 Å². The molecule has 0 heterocycles. The second kappa shape index (κ2) is 11.0. The van der Waals surface area contributed by atoms with Gasteiger partial charge in [-0.15, -0.1) is 6.58 Å². The fraction of sp³-hybridized carbons (Fsp3) is 0.375. The van der Waals surface area contributed by atoms with Crippen molar-refractivity contribution in [3.8, 4) is 5.75 Å². The van der Waals surface area contributed by atoms with Crippen LogP contribution in [-0.4, -0.2) is 26.2 Å². The van der Waals surface area contributed by atoms with Crippen LogP contribution in [0.3, 0.4) is 0 Å². The third kappa shape index (κ3) is 8.61. The molecule has 0 aromatic heterocycles. The van der Waals surface area contributed by atoms with Gasteiger partial charge in [0.2, 0.25) is 0 Å². The molecule has 0 aliphatic rings. The van der Waals surface area contributed by atoms with Crippen LogP contribution in [0.4, 0.5) is 0 Å². The van der Waals surface area contributed by atoms with E-state index >= 15 is 0 Å². The molecule has 6 heteroatoms. The Balaban J connectivity index is 0.000000763. The van der Waals surface area contributed by atoms with Crippen molar-refractivity contribution in [3.63, 3.8) is 0 Å². The van der Waals surface area contributed by atoms with E-state index < -0.39 is 10.4 Å². The lowest BCUT2D eigenvalue weighted by Gasteiger charge is -2.10. The molecular weight excluding hydrogens is 304 g/mol. The van der Waals surface area contributed by atoms with Crippen molar-refractivity contribution in [1.29, 1.82) is 0 Å². The zero-order valence-electron chi connectivity index (χ0n) is 13.3. The average Bonchev–Trinajstić information content (AvgIpc) is 2.45. The molecule has 1 aromatic rings. The second-order valence-corrected chi connectivity index (χ2v) is 5.12. The second-order valence-electron chi connectivity index (χ2n) is 4.10. The van der Waals surface area contributed by atoms with Gasteiger partial charge in [0.1, 0.15) is 0 Å². The van der Waals surface area contributed by atoms with Gasteiger partial charge in [0.25, 0.3) is 0 Å². The van der Waals surface area contributed by atoms with Crippen LogP contribution in [0.15, 0.2) is 43.0 Å². The van der Waals surface area contributed by atoms with Crippen molar-refractivity contribution >= 4 is 16.0 Å². The van der Waals surface area contributed by atoms with Crippen molar-refractivity contribution < 1.29 is 21.9 Å². The van der Waals surface area contributed by atoms with Gasteiger partial charge in [-0.3, -0.25) is 4.55 Å². The maximum absolute atomic E-state index is 10.7. The van der Waals surface area contributed by atoms with Gasteiger partial charge in [0.15, 0.2) is 5.75 Å². The quantitative estimate of drug-likeness (QED) is 0.607. The summed E-state index contributed by atoms with van der Waals surface area (Å²) in [6.07, 6.45) is 4.13. The first-order chi connectivity index (χ1) is 10.4. The summed E-state index contributed by atoms with van der Waals surface area (Å²) in [5.41, 5.74) is 1.49. The molecule has 1 rings (SSSR count). The molecule has 5 nitrogen and oxygen atoms in total. The molecule has 0 aliphatic heterocycles. The fourth-order valence-corrected chi connectivity index (χ4v) is 2.03. The van der Waals surface area contributed by atoms with Gasteiger partial charge in [-0.2, -0.15) is 8.42 Å². The van der Waals surface area contributed by atoms with Crippen LogP contribution in [0.2, 0.25) is 0 Å². The minimum atomic E-state index is -4.51. The standard InChI is InChI=1S/C12H14O4S.C4H10O/c1-3-7-10(4-2)11-8-5-6-9-12(11)16-17(13,14)15;1-3-5-4-2/h3-6,8-9H,1,7H2,2H3,(H,13,14,15);3-4H2,1-2H3/b10-4-;. The maximum atomic E-state index is 10.7. The summed E-state index contributed by atoms with van der Waals surface area (Å²) >= 11 is 0. The van der Waals surface area contributed by atoms with Crippen molar-refractivity contribution in [1.82, 2.24) is 0 Å². The predicted molar refractivity (Wildman–Crippen MR) is 89.3 cm³/mol. The lowest BCUT2D eigenvalue weighted by Crippen LogP contribution is -2.08. The van der Waals surface area contributed by atoms with E-state index in [0.717, 1.165) is 18.8 Å². The molecule has 0 unspecified atom stereocenters. The summed E-state index contributed by atoms with van der Waals surface area (Å²) in [5.74, 6) is 0.102. The molecule has 22 heavy (non-hydrogen) atoms. The number of ether oxygens (including phenoxy) is 1. The Labute approximate surface area is 133 Å². The van der Waals surface area contributed by atoms with Gasteiger partial charge in [-0.05, 0) is 38.8 Å².